The van der Waals surface area contributed by atoms with E-state index in [0.717, 1.165) is 11.3 Å². The van der Waals surface area contributed by atoms with Gasteiger partial charge in [-0.05, 0) is 18.6 Å². The Labute approximate surface area is 71.4 Å². The molecule has 0 saturated carbocycles. The molecule has 0 unspecified atom stereocenters. The number of nitrogens with zero attached hydrogens (tertiary/aromatic N) is 1. The van der Waals surface area contributed by atoms with E-state index >= 15 is 0 Å². The molecule has 4 nitrogen and oxygen atoms in total. The van der Waals surface area contributed by atoms with E-state index in [1.54, 1.807) is 18.5 Å². The molecular formula is C8H12N2O2. The maximum Gasteiger partial charge on any atom is 0.292 e. The molecule has 0 aliphatic rings. The van der Waals surface area contributed by atoms with Gasteiger partial charge in [-0.1, -0.05) is 0 Å². The van der Waals surface area contributed by atoms with Gasteiger partial charge in [0.25, 0.3) is 6.47 Å². The quantitative estimate of drug-likeness (QED) is 0.629. The summed E-state index contributed by atoms with van der Waals surface area (Å²) in [6, 6.07) is 1.79. The predicted octanol–water partition coefficient (Wildman–Crippen LogP) is 0.761. The van der Waals surface area contributed by atoms with Gasteiger partial charge in [-0.3, -0.25) is 9.78 Å². The third-order valence-electron chi connectivity index (χ3n) is 1.16. The monoisotopic (exact) mass is 168 g/mol. The summed E-state index contributed by atoms with van der Waals surface area (Å²) in [6.07, 6.45) is 3.43. The van der Waals surface area contributed by atoms with Crippen molar-refractivity contribution in [3.8, 4) is 0 Å². The lowest BCUT2D eigenvalue weighted by Gasteiger charge is -1.93. The molecule has 0 bridgehead atoms. The van der Waals surface area contributed by atoms with Gasteiger partial charge in [-0.2, -0.15) is 0 Å². The van der Waals surface area contributed by atoms with Crippen molar-refractivity contribution >= 4 is 12.2 Å². The summed E-state index contributed by atoms with van der Waals surface area (Å²) < 4.78 is 3.86. The third-order valence-corrected chi connectivity index (χ3v) is 1.16. The summed E-state index contributed by atoms with van der Waals surface area (Å²) in [4.78, 5) is 12.8. The van der Waals surface area contributed by atoms with Crippen LogP contribution in [-0.4, -0.2) is 18.6 Å². The number of rotatable bonds is 1. The molecule has 1 aromatic rings. The number of hydrogen-bond donors (Lipinski definition) is 1. The molecular weight excluding hydrogens is 156 g/mol. The number of ether oxygens (including phenoxy) is 1. The number of hydrogen-bond acceptors (Lipinski definition) is 4. The Hall–Kier alpha value is -1.58. The van der Waals surface area contributed by atoms with E-state index in [4.69, 9.17) is 10.5 Å². The highest BCUT2D eigenvalue weighted by Crippen LogP contribution is 2.04. The van der Waals surface area contributed by atoms with Crippen molar-refractivity contribution in [1.29, 1.82) is 0 Å². The number of methoxy groups -OCH3 is 1. The number of nitrogens with two attached hydrogens (primary N) is 1. The molecule has 1 heterocycles. The first-order valence-electron chi connectivity index (χ1n) is 3.35. The SMILES string of the molecule is COC=O.Cc1cnccc1N. The van der Waals surface area contributed by atoms with Crippen LogP contribution >= 0.6 is 0 Å². The smallest absolute Gasteiger partial charge is 0.292 e. The molecule has 2 N–H and O–H groups in total. The van der Waals surface area contributed by atoms with Crippen molar-refractivity contribution in [1.82, 2.24) is 4.98 Å². The van der Waals surface area contributed by atoms with Gasteiger partial charge >= 0.3 is 0 Å². The minimum Gasteiger partial charge on any atom is -0.471 e. The Bertz CT molecular complexity index is 217. The Morgan fingerprint density at radius 1 is 1.67 bits per heavy atom. The lowest BCUT2D eigenvalue weighted by molar-refractivity contribution is -0.126. The van der Waals surface area contributed by atoms with Crippen molar-refractivity contribution in [3.05, 3.63) is 24.0 Å². The minimum absolute atomic E-state index is 0.375. The molecule has 12 heavy (non-hydrogen) atoms. The average Bonchev–Trinajstić information content (AvgIpc) is 2.11. The van der Waals surface area contributed by atoms with Gasteiger partial charge < -0.3 is 10.5 Å². The highest BCUT2D eigenvalue weighted by molar-refractivity contribution is 5.42. The molecule has 0 aliphatic carbocycles. The highest BCUT2D eigenvalue weighted by atomic mass is 16.5. The van der Waals surface area contributed by atoms with Gasteiger partial charge in [-0.25, -0.2) is 0 Å². The average molecular weight is 168 g/mol. The first kappa shape index (κ1) is 10.4. The second-order valence-corrected chi connectivity index (χ2v) is 2.06. The topological polar surface area (TPSA) is 65.2 Å². The van der Waals surface area contributed by atoms with E-state index in [1.165, 1.54) is 7.11 Å². The molecule has 0 fully saturated rings. The highest BCUT2D eigenvalue weighted by Gasteiger charge is 1.85. The summed E-state index contributed by atoms with van der Waals surface area (Å²) in [6.45, 7) is 2.31. The zero-order valence-corrected chi connectivity index (χ0v) is 7.15. The number of pyridine rings is 1. The van der Waals surface area contributed by atoms with Crippen molar-refractivity contribution in [2.45, 2.75) is 6.92 Å². The Morgan fingerprint density at radius 3 is 2.50 bits per heavy atom. The Balaban J connectivity index is 0.000000261. The normalized spacial score (nSPS) is 7.83. The van der Waals surface area contributed by atoms with Gasteiger partial charge in [-0.15, -0.1) is 0 Å². The molecule has 0 spiro atoms. The summed E-state index contributed by atoms with van der Waals surface area (Å²) in [5, 5.41) is 0. The summed E-state index contributed by atoms with van der Waals surface area (Å²) >= 11 is 0. The number of carbonyl (C=O) groups is 1. The van der Waals surface area contributed by atoms with Crippen molar-refractivity contribution in [2.24, 2.45) is 0 Å². The van der Waals surface area contributed by atoms with Crippen LogP contribution in [-0.2, 0) is 9.53 Å². The Morgan fingerprint density at radius 2 is 2.25 bits per heavy atom. The molecule has 0 saturated heterocycles. The van der Waals surface area contributed by atoms with Gasteiger partial charge in [0.1, 0.15) is 0 Å². The number of aryl methyl sites for hydroxylation is 1. The van der Waals surface area contributed by atoms with Crippen molar-refractivity contribution < 1.29 is 9.53 Å². The van der Waals surface area contributed by atoms with Crippen LogP contribution in [0.1, 0.15) is 5.56 Å². The van der Waals surface area contributed by atoms with Crippen molar-refractivity contribution in [3.63, 3.8) is 0 Å². The number of carbonyl (C=O) groups excluding carboxylic acids is 1. The second-order valence-electron chi connectivity index (χ2n) is 2.06. The summed E-state index contributed by atoms with van der Waals surface area (Å²) in [5.41, 5.74) is 7.32. The summed E-state index contributed by atoms with van der Waals surface area (Å²) in [5.74, 6) is 0. The standard InChI is InChI=1S/C6H8N2.C2H4O2/c1-5-4-8-3-2-6(5)7;1-4-2-3/h2-4H,1H3,(H2,7,8);2H,1H3. The van der Waals surface area contributed by atoms with E-state index in [0.29, 0.717) is 6.47 Å². The molecule has 1 rings (SSSR count). The molecule has 0 atom stereocenters. The number of aromatic nitrogens is 1. The molecule has 0 aromatic carbocycles. The fourth-order valence-electron chi connectivity index (χ4n) is 0.484. The molecule has 1 aromatic heterocycles. The maximum atomic E-state index is 8.95. The molecule has 0 amide bonds. The van der Waals surface area contributed by atoms with Gasteiger partial charge in [0.05, 0.1) is 7.11 Å². The van der Waals surface area contributed by atoms with E-state index in [2.05, 4.69) is 9.72 Å². The van der Waals surface area contributed by atoms with E-state index < -0.39 is 0 Å². The van der Waals surface area contributed by atoms with Crippen LogP contribution in [0.2, 0.25) is 0 Å². The van der Waals surface area contributed by atoms with Gasteiger partial charge in [0.2, 0.25) is 0 Å². The fourth-order valence-corrected chi connectivity index (χ4v) is 0.484. The van der Waals surface area contributed by atoms with Crippen LogP contribution in [0.4, 0.5) is 5.69 Å². The maximum absolute atomic E-state index is 8.95. The van der Waals surface area contributed by atoms with Crippen LogP contribution < -0.4 is 5.73 Å². The molecule has 4 heteroatoms. The second kappa shape index (κ2) is 6.15. The third kappa shape index (κ3) is 4.27. The van der Waals surface area contributed by atoms with E-state index in [9.17, 15) is 0 Å². The zero-order chi connectivity index (χ0) is 9.40. The first-order chi connectivity index (χ1) is 5.72. The summed E-state index contributed by atoms with van der Waals surface area (Å²) in [7, 11) is 1.31. The largest absolute Gasteiger partial charge is 0.471 e. The van der Waals surface area contributed by atoms with Gasteiger partial charge in [0.15, 0.2) is 0 Å². The first-order valence-corrected chi connectivity index (χ1v) is 3.35. The fraction of sp³-hybridized carbons (Fsp3) is 0.250. The predicted molar refractivity (Wildman–Crippen MR) is 46.5 cm³/mol. The minimum atomic E-state index is 0.375. The van der Waals surface area contributed by atoms with Crippen LogP contribution in [0, 0.1) is 6.92 Å². The van der Waals surface area contributed by atoms with Crippen molar-refractivity contribution in [2.75, 3.05) is 12.8 Å². The number of nitrogen functional groups attached to an aromatic ring is 1. The van der Waals surface area contributed by atoms with Gasteiger partial charge in [0, 0.05) is 18.1 Å². The van der Waals surface area contributed by atoms with Crippen LogP contribution in [0.15, 0.2) is 18.5 Å². The van der Waals surface area contributed by atoms with Crippen LogP contribution in [0.25, 0.3) is 0 Å². The Kier molecular flexibility index (Phi) is 5.34. The van der Waals surface area contributed by atoms with Crippen LogP contribution in [0.5, 0.6) is 0 Å². The molecule has 0 radical (unpaired) electrons. The van der Waals surface area contributed by atoms with Crippen LogP contribution in [0.3, 0.4) is 0 Å². The lowest BCUT2D eigenvalue weighted by Crippen LogP contribution is -1.87. The number of anilines is 1. The van der Waals surface area contributed by atoms with E-state index in [-0.39, 0.29) is 0 Å². The van der Waals surface area contributed by atoms with E-state index in [1.807, 2.05) is 6.92 Å². The zero-order valence-electron chi connectivity index (χ0n) is 7.15. The molecule has 66 valence electrons. The lowest BCUT2D eigenvalue weighted by atomic mass is 10.3. The molecule has 0 aliphatic heterocycles.